The van der Waals surface area contributed by atoms with E-state index >= 15 is 0 Å². The lowest BCUT2D eigenvalue weighted by molar-refractivity contribution is 0.0368. The molecule has 158 valence electrons. The number of ether oxygens (including phenoxy) is 2. The van der Waals surface area contributed by atoms with Crippen LogP contribution in [-0.4, -0.2) is 50.9 Å². The number of halogens is 1. The molecule has 2 aromatic rings. The van der Waals surface area contributed by atoms with Crippen LogP contribution in [0.5, 0.6) is 5.75 Å². The van der Waals surface area contributed by atoms with Gasteiger partial charge < -0.3 is 14.8 Å². The van der Waals surface area contributed by atoms with Gasteiger partial charge in [0.25, 0.3) is 0 Å². The van der Waals surface area contributed by atoms with Crippen molar-refractivity contribution in [3.8, 4) is 5.75 Å². The Morgan fingerprint density at radius 1 is 0.931 bits per heavy atom. The van der Waals surface area contributed by atoms with E-state index in [4.69, 9.17) is 9.47 Å². The van der Waals surface area contributed by atoms with Crippen molar-refractivity contribution in [2.24, 2.45) is 0 Å². The van der Waals surface area contributed by atoms with E-state index < -0.39 is 0 Å². The zero-order valence-electron chi connectivity index (χ0n) is 17.2. The van der Waals surface area contributed by atoms with Gasteiger partial charge >= 0.3 is 0 Å². The summed E-state index contributed by atoms with van der Waals surface area (Å²) in [5.74, 6) is 0.848. The van der Waals surface area contributed by atoms with Crippen LogP contribution >= 0.6 is 0 Å². The van der Waals surface area contributed by atoms with Gasteiger partial charge in [0.2, 0.25) is 0 Å². The van der Waals surface area contributed by atoms with E-state index in [0.29, 0.717) is 0 Å². The topological polar surface area (TPSA) is 33.7 Å². The molecule has 1 saturated heterocycles. The second kappa shape index (κ2) is 12.6. The Hall–Kier alpha value is -1.95. The lowest BCUT2D eigenvalue weighted by Crippen LogP contribution is -2.36. The maximum Gasteiger partial charge on any atom is 0.126 e. The van der Waals surface area contributed by atoms with Gasteiger partial charge in [0.1, 0.15) is 11.6 Å². The summed E-state index contributed by atoms with van der Waals surface area (Å²) in [4.78, 5) is 2.46. The Morgan fingerprint density at radius 2 is 1.69 bits per heavy atom. The first kappa shape index (κ1) is 21.8. The van der Waals surface area contributed by atoms with E-state index in [-0.39, 0.29) is 5.82 Å². The molecule has 2 aromatic carbocycles. The molecule has 4 nitrogen and oxygen atoms in total. The molecule has 1 fully saturated rings. The summed E-state index contributed by atoms with van der Waals surface area (Å²) in [6, 6.07) is 15.2. The molecule has 1 heterocycles. The van der Waals surface area contributed by atoms with Crippen LogP contribution in [-0.2, 0) is 17.7 Å². The van der Waals surface area contributed by atoms with Crippen molar-refractivity contribution in [3.05, 3.63) is 65.5 Å². The molecular weight excluding hydrogens is 367 g/mol. The number of nitrogens with zero attached hydrogens (tertiary/aromatic N) is 1. The molecule has 1 aliphatic rings. The molecule has 0 atom stereocenters. The standard InChI is InChI=1S/C24H33FN2O2/c25-23-11-3-1-8-21(23)10-7-13-26-20-22-9-2-4-12-24(22)29-17-6-5-14-27-15-18-28-19-16-27/h1-4,8-9,11-12,26H,5-7,10,13-20H2. The molecule has 5 heteroatoms. The van der Waals surface area contributed by atoms with Crippen molar-refractivity contribution in [1.82, 2.24) is 10.2 Å². The fourth-order valence-corrected chi connectivity index (χ4v) is 3.56. The molecule has 0 unspecified atom stereocenters. The minimum atomic E-state index is -0.111. The Balaban J connectivity index is 1.31. The van der Waals surface area contributed by atoms with Gasteiger partial charge in [-0.1, -0.05) is 36.4 Å². The summed E-state index contributed by atoms with van der Waals surface area (Å²) in [5.41, 5.74) is 1.96. The second-order valence-corrected chi connectivity index (χ2v) is 7.49. The summed E-state index contributed by atoms with van der Waals surface area (Å²) in [7, 11) is 0. The first-order chi connectivity index (χ1) is 14.3. The van der Waals surface area contributed by atoms with Gasteiger partial charge in [-0.25, -0.2) is 4.39 Å². The van der Waals surface area contributed by atoms with E-state index in [0.717, 1.165) is 89.5 Å². The molecule has 0 aliphatic carbocycles. The van der Waals surface area contributed by atoms with Gasteiger partial charge in [-0.3, -0.25) is 4.90 Å². The lowest BCUT2D eigenvalue weighted by Gasteiger charge is -2.26. The number of hydrogen-bond donors (Lipinski definition) is 1. The number of morpholine rings is 1. The van der Waals surface area contributed by atoms with Crippen LogP contribution in [0, 0.1) is 5.82 Å². The molecule has 29 heavy (non-hydrogen) atoms. The Kier molecular flexibility index (Phi) is 9.43. The zero-order chi connectivity index (χ0) is 20.2. The number of benzene rings is 2. The highest BCUT2D eigenvalue weighted by Crippen LogP contribution is 2.18. The van der Waals surface area contributed by atoms with Crippen LogP contribution < -0.4 is 10.1 Å². The predicted octanol–water partition coefficient (Wildman–Crippen LogP) is 4.04. The third-order valence-corrected chi connectivity index (χ3v) is 5.28. The second-order valence-electron chi connectivity index (χ2n) is 7.49. The van der Waals surface area contributed by atoms with E-state index in [9.17, 15) is 4.39 Å². The van der Waals surface area contributed by atoms with Crippen molar-refractivity contribution in [2.75, 3.05) is 46.0 Å². The van der Waals surface area contributed by atoms with Gasteiger partial charge in [-0.05, 0) is 56.5 Å². The minimum absolute atomic E-state index is 0.111. The van der Waals surface area contributed by atoms with Crippen LogP contribution in [0.2, 0.25) is 0 Å². The van der Waals surface area contributed by atoms with Crippen LogP contribution in [0.3, 0.4) is 0 Å². The number of para-hydroxylation sites is 1. The summed E-state index contributed by atoms with van der Waals surface area (Å²) >= 11 is 0. The highest BCUT2D eigenvalue weighted by atomic mass is 19.1. The zero-order valence-corrected chi connectivity index (χ0v) is 17.2. The Bertz CT molecular complexity index is 720. The van der Waals surface area contributed by atoms with Crippen molar-refractivity contribution in [1.29, 1.82) is 0 Å². The van der Waals surface area contributed by atoms with Crippen molar-refractivity contribution >= 4 is 0 Å². The number of nitrogens with one attached hydrogen (secondary N) is 1. The number of rotatable bonds is 12. The number of aryl methyl sites for hydroxylation is 1. The molecule has 1 aliphatic heterocycles. The van der Waals surface area contributed by atoms with Gasteiger partial charge in [0, 0.05) is 25.2 Å². The fraction of sp³-hybridized carbons (Fsp3) is 0.500. The largest absolute Gasteiger partial charge is 0.493 e. The van der Waals surface area contributed by atoms with Crippen molar-refractivity contribution in [2.45, 2.75) is 32.2 Å². The summed E-state index contributed by atoms with van der Waals surface area (Å²) in [6.07, 6.45) is 3.87. The first-order valence-corrected chi connectivity index (χ1v) is 10.8. The molecule has 0 aromatic heterocycles. The molecule has 0 saturated carbocycles. The number of unbranched alkanes of at least 4 members (excludes halogenated alkanes) is 1. The smallest absolute Gasteiger partial charge is 0.126 e. The third kappa shape index (κ3) is 7.77. The molecule has 0 amide bonds. The predicted molar refractivity (Wildman–Crippen MR) is 115 cm³/mol. The van der Waals surface area contributed by atoms with Gasteiger partial charge in [0.05, 0.1) is 19.8 Å². The average Bonchev–Trinajstić information content (AvgIpc) is 2.76. The van der Waals surface area contributed by atoms with E-state index in [1.807, 2.05) is 30.3 Å². The highest BCUT2D eigenvalue weighted by Gasteiger charge is 2.09. The summed E-state index contributed by atoms with van der Waals surface area (Å²) in [6.45, 7) is 7.29. The normalized spacial score (nSPS) is 14.8. The quantitative estimate of drug-likeness (QED) is 0.545. The molecular formula is C24H33FN2O2. The summed E-state index contributed by atoms with van der Waals surface area (Å²) in [5, 5.41) is 3.46. The van der Waals surface area contributed by atoms with E-state index in [1.165, 1.54) is 11.6 Å². The van der Waals surface area contributed by atoms with E-state index in [2.05, 4.69) is 16.3 Å². The molecule has 0 spiro atoms. The van der Waals surface area contributed by atoms with Crippen molar-refractivity contribution in [3.63, 3.8) is 0 Å². The van der Waals surface area contributed by atoms with Crippen LogP contribution in [0.1, 0.15) is 30.4 Å². The Labute approximate surface area is 174 Å². The van der Waals surface area contributed by atoms with Gasteiger partial charge in [-0.15, -0.1) is 0 Å². The fourth-order valence-electron chi connectivity index (χ4n) is 3.56. The van der Waals surface area contributed by atoms with Crippen LogP contribution in [0.15, 0.2) is 48.5 Å². The van der Waals surface area contributed by atoms with Crippen LogP contribution in [0.4, 0.5) is 4.39 Å². The lowest BCUT2D eigenvalue weighted by atomic mass is 10.1. The third-order valence-electron chi connectivity index (χ3n) is 5.28. The molecule has 1 N–H and O–H groups in total. The average molecular weight is 401 g/mol. The van der Waals surface area contributed by atoms with Gasteiger partial charge in [-0.2, -0.15) is 0 Å². The molecule has 0 bridgehead atoms. The molecule has 3 rings (SSSR count). The minimum Gasteiger partial charge on any atom is -0.493 e. The highest BCUT2D eigenvalue weighted by molar-refractivity contribution is 5.33. The molecule has 0 radical (unpaired) electrons. The monoisotopic (exact) mass is 400 g/mol. The maximum absolute atomic E-state index is 13.7. The SMILES string of the molecule is Fc1ccccc1CCCNCc1ccccc1OCCCCN1CCOCC1. The summed E-state index contributed by atoms with van der Waals surface area (Å²) < 4.78 is 25.1. The van der Waals surface area contributed by atoms with Crippen LogP contribution in [0.25, 0.3) is 0 Å². The van der Waals surface area contributed by atoms with E-state index in [1.54, 1.807) is 6.07 Å². The Morgan fingerprint density at radius 3 is 2.52 bits per heavy atom. The number of hydrogen-bond acceptors (Lipinski definition) is 4. The van der Waals surface area contributed by atoms with Crippen molar-refractivity contribution < 1.29 is 13.9 Å². The van der Waals surface area contributed by atoms with Gasteiger partial charge in [0.15, 0.2) is 0 Å². The maximum atomic E-state index is 13.7. The first-order valence-electron chi connectivity index (χ1n) is 10.8.